The molecular weight excluding hydrogens is 520 g/mol. The fraction of sp³-hybridized carbons (Fsp3) is 0.333. The molecule has 0 aliphatic heterocycles. The van der Waals surface area contributed by atoms with E-state index in [9.17, 15) is 9.59 Å². The third-order valence-electron chi connectivity index (χ3n) is 8.57. The summed E-state index contributed by atoms with van der Waals surface area (Å²) in [4.78, 5) is 32.1. The van der Waals surface area contributed by atoms with E-state index in [0.717, 1.165) is 53.4 Å². The Morgan fingerprint density at radius 2 is 1.45 bits per heavy atom. The van der Waals surface area contributed by atoms with Crippen LogP contribution in [0.5, 0.6) is 0 Å². The number of hydrogen-bond acceptors (Lipinski definition) is 3. The Morgan fingerprint density at radius 1 is 0.833 bits per heavy atom. The highest BCUT2D eigenvalue weighted by molar-refractivity contribution is 6.01. The van der Waals surface area contributed by atoms with Gasteiger partial charge < -0.3 is 16.0 Å². The normalized spacial score (nSPS) is 17.4. The molecule has 6 heteroatoms. The molecule has 0 aromatic heterocycles. The van der Waals surface area contributed by atoms with Crippen LogP contribution in [0.4, 0.5) is 16.2 Å². The Hall–Kier alpha value is -4.16. The number of urea groups is 1. The molecule has 3 N–H and O–H groups in total. The molecule has 0 bridgehead atoms. The third kappa shape index (κ3) is 6.82. The summed E-state index contributed by atoms with van der Waals surface area (Å²) in [5.74, 6) is 0.811. The Morgan fingerprint density at radius 3 is 2.12 bits per heavy atom. The second-order valence-electron chi connectivity index (χ2n) is 11.3. The summed E-state index contributed by atoms with van der Waals surface area (Å²) >= 11 is 0. The fourth-order valence-electron chi connectivity index (χ4n) is 6.33. The first-order valence-corrected chi connectivity index (χ1v) is 15.2. The number of anilines is 2. The standard InChI is InChI=1S/C36H42N4O2/c1-2-39(36(42)40(31-18-5-3-6-19-31)32-20-7-4-8-21-32)34(24-30-17-12-16-29-15-9-10-22-33(29)30)35(41)38-26-28-14-11-13-27(23-28)25-37/h3-10,12,15-22,27-28,34H,2,11,13-14,23-26,37H2,1H3,(H,38,41)/t27?,28?,34-/m1/s1. The highest BCUT2D eigenvalue weighted by Gasteiger charge is 2.34. The molecule has 0 radical (unpaired) electrons. The maximum absolute atomic E-state index is 14.5. The van der Waals surface area contributed by atoms with Crippen molar-refractivity contribution in [3.63, 3.8) is 0 Å². The number of nitrogens with two attached hydrogens (primary N) is 1. The van der Waals surface area contributed by atoms with E-state index in [-0.39, 0.29) is 11.9 Å². The number of fused-ring (bicyclic) bond motifs is 1. The van der Waals surface area contributed by atoms with Gasteiger partial charge in [-0.15, -0.1) is 0 Å². The predicted octanol–water partition coefficient (Wildman–Crippen LogP) is 6.91. The third-order valence-corrected chi connectivity index (χ3v) is 8.57. The molecule has 218 valence electrons. The first-order valence-electron chi connectivity index (χ1n) is 15.2. The van der Waals surface area contributed by atoms with Crippen LogP contribution in [0.3, 0.4) is 0 Å². The largest absolute Gasteiger partial charge is 0.354 e. The van der Waals surface area contributed by atoms with Crippen molar-refractivity contribution >= 4 is 34.1 Å². The zero-order valence-electron chi connectivity index (χ0n) is 24.5. The molecule has 2 unspecified atom stereocenters. The van der Waals surface area contributed by atoms with Gasteiger partial charge in [-0.05, 0) is 85.2 Å². The molecular formula is C36H42N4O2. The van der Waals surface area contributed by atoms with Crippen molar-refractivity contribution in [2.75, 3.05) is 24.5 Å². The van der Waals surface area contributed by atoms with Gasteiger partial charge in [-0.3, -0.25) is 9.69 Å². The van der Waals surface area contributed by atoms with E-state index < -0.39 is 6.04 Å². The fourth-order valence-corrected chi connectivity index (χ4v) is 6.33. The summed E-state index contributed by atoms with van der Waals surface area (Å²) in [6.45, 7) is 3.63. The van der Waals surface area contributed by atoms with Gasteiger partial charge in [0, 0.05) is 19.5 Å². The molecule has 0 heterocycles. The molecule has 0 saturated heterocycles. The lowest BCUT2D eigenvalue weighted by Gasteiger charge is -2.36. The van der Waals surface area contributed by atoms with Crippen molar-refractivity contribution in [2.45, 2.75) is 45.1 Å². The van der Waals surface area contributed by atoms with E-state index in [2.05, 4.69) is 29.6 Å². The van der Waals surface area contributed by atoms with Crippen LogP contribution < -0.4 is 16.0 Å². The summed E-state index contributed by atoms with van der Waals surface area (Å²) in [7, 11) is 0. The van der Waals surface area contributed by atoms with Gasteiger partial charge in [0.1, 0.15) is 6.04 Å². The molecule has 1 saturated carbocycles. The lowest BCUT2D eigenvalue weighted by atomic mass is 9.81. The van der Waals surface area contributed by atoms with E-state index in [4.69, 9.17) is 5.73 Å². The van der Waals surface area contributed by atoms with Gasteiger partial charge in [-0.2, -0.15) is 0 Å². The summed E-state index contributed by atoms with van der Waals surface area (Å²) in [6.07, 6.45) is 4.86. The number of rotatable bonds is 10. The highest BCUT2D eigenvalue weighted by atomic mass is 16.2. The minimum atomic E-state index is -0.683. The summed E-state index contributed by atoms with van der Waals surface area (Å²) in [6, 6.07) is 32.8. The van der Waals surface area contributed by atoms with Gasteiger partial charge in [0.05, 0.1) is 11.4 Å². The highest BCUT2D eigenvalue weighted by Crippen LogP contribution is 2.30. The second-order valence-corrected chi connectivity index (χ2v) is 11.3. The van der Waals surface area contributed by atoms with E-state index in [0.29, 0.717) is 37.9 Å². The summed E-state index contributed by atoms with van der Waals surface area (Å²) < 4.78 is 0. The number of likely N-dealkylation sites (N-methyl/N-ethyl adjacent to an activating group) is 1. The first-order chi connectivity index (χ1) is 20.6. The van der Waals surface area contributed by atoms with Crippen LogP contribution in [0.1, 0.15) is 38.2 Å². The molecule has 1 fully saturated rings. The Bertz CT molecular complexity index is 1410. The number of carbonyl (C=O) groups excluding carboxylic acids is 2. The van der Waals surface area contributed by atoms with Crippen LogP contribution >= 0.6 is 0 Å². The molecule has 1 aliphatic carbocycles. The maximum atomic E-state index is 14.5. The number of hydrogen-bond donors (Lipinski definition) is 2. The molecule has 4 aromatic carbocycles. The van der Waals surface area contributed by atoms with Gasteiger partial charge in [-0.1, -0.05) is 85.3 Å². The van der Waals surface area contributed by atoms with Gasteiger partial charge in [0.25, 0.3) is 0 Å². The Balaban J connectivity index is 1.48. The minimum absolute atomic E-state index is 0.117. The zero-order chi connectivity index (χ0) is 29.3. The average molecular weight is 563 g/mol. The number of nitrogens with zero attached hydrogens (tertiary/aromatic N) is 2. The number of benzene rings is 4. The topological polar surface area (TPSA) is 78.7 Å². The molecule has 6 nitrogen and oxygen atoms in total. The first kappa shape index (κ1) is 29.3. The van der Waals surface area contributed by atoms with Crippen molar-refractivity contribution < 1.29 is 9.59 Å². The Kier molecular flexibility index (Phi) is 9.88. The van der Waals surface area contributed by atoms with E-state index in [1.807, 2.05) is 85.8 Å². The van der Waals surface area contributed by atoms with Gasteiger partial charge in [0.15, 0.2) is 0 Å². The summed E-state index contributed by atoms with van der Waals surface area (Å²) in [5, 5.41) is 5.48. The van der Waals surface area contributed by atoms with E-state index >= 15 is 0 Å². The predicted molar refractivity (Wildman–Crippen MR) is 172 cm³/mol. The average Bonchev–Trinajstić information content (AvgIpc) is 3.05. The SMILES string of the molecule is CCN(C(=O)N(c1ccccc1)c1ccccc1)[C@H](Cc1cccc2ccccc12)C(=O)NCC1CCCC(CN)C1. The quantitative estimate of drug-likeness (QED) is 0.220. The summed E-state index contributed by atoms with van der Waals surface area (Å²) in [5.41, 5.74) is 8.54. The molecule has 0 spiro atoms. The van der Waals surface area contributed by atoms with Crippen LogP contribution in [0, 0.1) is 11.8 Å². The second kappa shape index (κ2) is 14.1. The molecule has 1 aliphatic rings. The number of carbonyl (C=O) groups is 2. The number of para-hydroxylation sites is 2. The monoisotopic (exact) mass is 562 g/mol. The van der Waals surface area contributed by atoms with Crippen molar-refractivity contribution in [3.05, 3.63) is 109 Å². The van der Waals surface area contributed by atoms with Crippen LogP contribution in [-0.4, -0.2) is 42.5 Å². The number of nitrogens with one attached hydrogen (secondary N) is 1. The zero-order valence-corrected chi connectivity index (χ0v) is 24.5. The van der Waals surface area contributed by atoms with Crippen molar-refractivity contribution in [2.24, 2.45) is 17.6 Å². The maximum Gasteiger partial charge on any atom is 0.329 e. The molecule has 5 rings (SSSR count). The van der Waals surface area contributed by atoms with Crippen molar-refractivity contribution in [1.82, 2.24) is 10.2 Å². The van der Waals surface area contributed by atoms with Crippen LogP contribution in [0.15, 0.2) is 103 Å². The molecule has 4 aromatic rings. The molecule has 3 atom stereocenters. The van der Waals surface area contributed by atoms with Gasteiger partial charge >= 0.3 is 6.03 Å². The van der Waals surface area contributed by atoms with Crippen LogP contribution in [0.2, 0.25) is 0 Å². The van der Waals surface area contributed by atoms with E-state index in [1.165, 1.54) is 0 Å². The Labute approximate surface area is 249 Å². The minimum Gasteiger partial charge on any atom is -0.354 e. The van der Waals surface area contributed by atoms with Gasteiger partial charge in [-0.25, -0.2) is 4.79 Å². The molecule has 3 amide bonds. The lowest BCUT2D eigenvalue weighted by Crippen LogP contribution is -2.54. The number of amides is 3. The van der Waals surface area contributed by atoms with Crippen molar-refractivity contribution in [1.29, 1.82) is 0 Å². The van der Waals surface area contributed by atoms with Gasteiger partial charge in [0.2, 0.25) is 5.91 Å². The van der Waals surface area contributed by atoms with Crippen LogP contribution in [-0.2, 0) is 11.2 Å². The lowest BCUT2D eigenvalue weighted by molar-refractivity contribution is -0.125. The smallest absolute Gasteiger partial charge is 0.329 e. The van der Waals surface area contributed by atoms with Crippen molar-refractivity contribution in [3.8, 4) is 0 Å². The molecule has 42 heavy (non-hydrogen) atoms. The van der Waals surface area contributed by atoms with Crippen LogP contribution in [0.25, 0.3) is 10.8 Å². The van der Waals surface area contributed by atoms with E-state index in [1.54, 1.807) is 9.80 Å².